The minimum absolute atomic E-state index is 0.00379. The highest BCUT2D eigenvalue weighted by atomic mass is 19.1. The van der Waals surface area contributed by atoms with Crippen LogP contribution in [0.3, 0.4) is 0 Å². The van der Waals surface area contributed by atoms with Crippen molar-refractivity contribution in [3.8, 4) is 17.0 Å². The van der Waals surface area contributed by atoms with Crippen LogP contribution in [0.1, 0.15) is 19.3 Å². The first-order valence-electron chi connectivity index (χ1n) is 10.7. The van der Waals surface area contributed by atoms with E-state index in [1.165, 1.54) is 0 Å². The van der Waals surface area contributed by atoms with Gasteiger partial charge in [-0.05, 0) is 37.0 Å². The van der Waals surface area contributed by atoms with Crippen molar-refractivity contribution in [2.24, 2.45) is 5.92 Å². The molecule has 0 N–H and O–H groups in total. The Morgan fingerprint density at radius 1 is 1.16 bits per heavy atom. The zero-order valence-corrected chi connectivity index (χ0v) is 17.2. The van der Waals surface area contributed by atoms with Crippen LogP contribution < -0.4 is 9.64 Å². The molecule has 0 radical (unpaired) electrons. The standard InChI is InChI=1S/C22H23FN6O2/c1-31-20-7-13(4-5-24-20)14-6-19-21(25-12-26-28(19)9-14)27-10-15-2-3-16(11-27)29(15)22(30)17-8-18(17)23/h4-7,9,12,15-18H,2-3,8,10-11H2,1H3/t15?,16?,17-,18-/m1/s1. The van der Waals surface area contributed by atoms with Gasteiger partial charge in [0.2, 0.25) is 11.8 Å². The topological polar surface area (TPSA) is 75.9 Å². The molecule has 3 aromatic heterocycles. The Kier molecular flexibility index (Phi) is 4.12. The number of halogens is 1. The predicted molar refractivity (Wildman–Crippen MR) is 112 cm³/mol. The molecule has 2 unspecified atom stereocenters. The molecule has 2 aliphatic heterocycles. The normalized spacial score (nSPS) is 27.0. The number of fused-ring (bicyclic) bond motifs is 3. The summed E-state index contributed by atoms with van der Waals surface area (Å²) in [7, 11) is 1.60. The number of carbonyl (C=O) groups excluding carboxylic acids is 1. The quantitative estimate of drug-likeness (QED) is 0.643. The Bertz CT molecular complexity index is 1150. The van der Waals surface area contributed by atoms with Crippen LogP contribution in [0.5, 0.6) is 5.88 Å². The highest BCUT2D eigenvalue weighted by Crippen LogP contribution is 2.41. The number of amides is 1. The van der Waals surface area contributed by atoms with E-state index in [-0.39, 0.29) is 18.0 Å². The van der Waals surface area contributed by atoms with Gasteiger partial charge in [0.1, 0.15) is 18.0 Å². The highest BCUT2D eigenvalue weighted by Gasteiger charge is 2.51. The summed E-state index contributed by atoms with van der Waals surface area (Å²) in [5.74, 6) is 1.01. The summed E-state index contributed by atoms with van der Waals surface area (Å²) in [6.45, 7) is 1.42. The Morgan fingerprint density at radius 3 is 2.65 bits per heavy atom. The lowest BCUT2D eigenvalue weighted by molar-refractivity contribution is -0.136. The number of alkyl halides is 1. The van der Waals surface area contributed by atoms with Crippen molar-refractivity contribution in [1.29, 1.82) is 0 Å². The van der Waals surface area contributed by atoms with E-state index in [4.69, 9.17) is 4.74 Å². The maximum Gasteiger partial charge on any atom is 0.229 e. The summed E-state index contributed by atoms with van der Waals surface area (Å²) in [4.78, 5) is 25.7. The van der Waals surface area contributed by atoms with Crippen LogP contribution in [0.2, 0.25) is 0 Å². The van der Waals surface area contributed by atoms with Crippen molar-refractivity contribution in [2.75, 3.05) is 25.1 Å². The molecular formula is C22H23FN6O2. The number of aromatic nitrogens is 4. The fraction of sp³-hybridized carbons (Fsp3) is 0.455. The lowest BCUT2D eigenvalue weighted by Gasteiger charge is -2.41. The molecular weight excluding hydrogens is 399 g/mol. The smallest absolute Gasteiger partial charge is 0.229 e. The molecule has 1 aliphatic carbocycles. The van der Waals surface area contributed by atoms with Crippen LogP contribution in [0.4, 0.5) is 10.2 Å². The molecule has 3 aliphatic rings. The Hall–Kier alpha value is -3.23. The maximum atomic E-state index is 13.5. The van der Waals surface area contributed by atoms with E-state index in [1.54, 1.807) is 19.6 Å². The van der Waals surface area contributed by atoms with Crippen LogP contribution in [-0.4, -0.2) is 68.8 Å². The third-order valence-electron chi connectivity index (χ3n) is 6.73. The Balaban J connectivity index is 1.30. The van der Waals surface area contributed by atoms with Crippen molar-refractivity contribution in [2.45, 2.75) is 37.5 Å². The minimum Gasteiger partial charge on any atom is -0.481 e. The van der Waals surface area contributed by atoms with Gasteiger partial charge in [0.25, 0.3) is 0 Å². The van der Waals surface area contributed by atoms with E-state index >= 15 is 0 Å². The second-order valence-corrected chi connectivity index (χ2v) is 8.62. The fourth-order valence-electron chi connectivity index (χ4n) is 5.07. The molecule has 2 saturated heterocycles. The van der Waals surface area contributed by atoms with Crippen LogP contribution >= 0.6 is 0 Å². The number of nitrogens with zero attached hydrogens (tertiary/aromatic N) is 6. The van der Waals surface area contributed by atoms with Gasteiger partial charge in [-0.3, -0.25) is 4.79 Å². The van der Waals surface area contributed by atoms with Crippen LogP contribution in [0.15, 0.2) is 36.9 Å². The number of ether oxygens (including phenoxy) is 1. The Morgan fingerprint density at radius 2 is 1.94 bits per heavy atom. The van der Waals surface area contributed by atoms with Crippen molar-refractivity contribution in [1.82, 2.24) is 24.5 Å². The number of hydrogen-bond acceptors (Lipinski definition) is 6. The van der Waals surface area contributed by atoms with Crippen molar-refractivity contribution in [3.05, 3.63) is 36.9 Å². The highest BCUT2D eigenvalue weighted by molar-refractivity contribution is 5.84. The second-order valence-electron chi connectivity index (χ2n) is 8.62. The first-order valence-corrected chi connectivity index (χ1v) is 10.7. The molecule has 1 saturated carbocycles. The van der Waals surface area contributed by atoms with Crippen LogP contribution in [0.25, 0.3) is 16.6 Å². The van der Waals surface area contributed by atoms with E-state index < -0.39 is 12.1 Å². The largest absolute Gasteiger partial charge is 0.481 e. The van der Waals surface area contributed by atoms with E-state index in [9.17, 15) is 9.18 Å². The molecule has 8 nitrogen and oxygen atoms in total. The minimum atomic E-state index is -0.947. The average Bonchev–Trinajstić information content (AvgIpc) is 3.25. The molecule has 0 aromatic carbocycles. The predicted octanol–water partition coefficient (Wildman–Crippen LogP) is 2.34. The first kappa shape index (κ1) is 18.5. The summed E-state index contributed by atoms with van der Waals surface area (Å²) in [6.07, 6.45) is 6.62. The lowest BCUT2D eigenvalue weighted by atomic mass is 10.1. The van der Waals surface area contributed by atoms with Gasteiger partial charge >= 0.3 is 0 Å². The molecule has 2 bridgehead atoms. The summed E-state index contributed by atoms with van der Waals surface area (Å²) in [5.41, 5.74) is 2.91. The molecule has 0 spiro atoms. The molecule has 3 fully saturated rings. The summed E-state index contributed by atoms with van der Waals surface area (Å²) in [6, 6.07) is 6.13. The number of rotatable bonds is 4. The monoisotopic (exact) mass is 422 g/mol. The van der Waals surface area contributed by atoms with E-state index in [1.807, 2.05) is 27.7 Å². The molecule has 31 heavy (non-hydrogen) atoms. The molecule has 6 rings (SSSR count). The molecule has 4 atom stereocenters. The van der Waals surface area contributed by atoms with Gasteiger partial charge in [-0.1, -0.05) is 0 Å². The zero-order valence-electron chi connectivity index (χ0n) is 17.2. The average molecular weight is 422 g/mol. The van der Waals surface area contributed by atoms with E-state index in [0.717, 1.165) is 35.3 Å². The second kappa shape index (κ2) is 6.90. The van der Waals surface area contributed by atoms with Gasteiger partial charge in [0.05, 0.1) is 13.0 Å². The van der Waals surface area contributed by atoms with Gasteiger partial charge < -0.3 is 14.5 Å². The SMILES string of the molecule is COc1cc(-c2cc3c(N4CC5CCC(C4)N5C(=O)[C@@H]4C[C@H]4F)ncnn3c2)ccn1. The van der Waals surface area contributed by atoms with Gasteiger partial charge in [-0.15, -0.1) is 0 Å². The number of piperazine rings is 1. The number of methoxy groups -OCH3 is 1. The van der Waals surface area contributed by atoms with Gasteiger partial charge in [-0.25, -0.2) is 18.9 Å². The van der Waals surface area contributed by atoms with Crippen molar-refractivity contribution < 1.29 is 13.9 Å². The number of carbonyl (C=O) groups is 1. The summed E-state index contributed by atoms with van der Waals surface area (Å²) < 4.78 is 20.6. The molecule has 5 heterocycles. The van der Waals surface area contributed by atoms with E-state index in [0.29, 0.717) is 25.4 Å². The van der Waals surface area contributed by atoms with E-state index in [2.05, 4.69) is 26.0 Å². The lowest BCUT2D eigenvalue weighted by Crippen LogP contribution is -2.56. The molecule has 3 aromatic rings. The number of pyridine rings is 1. The van der Waals surface area contributed by atoms with Crippen molar-refractivity contribution in [3.63, 3.8) is 0 Å². The third kappa shape index (κ3) is 3.02. The summed E-state index contributed by atoms with van der Waals surface area (Å²) in [5, 5.41) is 4.39. The van der Waals surface area contributed by atoms with Crippen LogP contribution in [0, 0.1) is 5.92 Å². The first-order chi connectivity index (χ1) is 15.1. The van der Waals surface area contributed by atoms with Gasteiger partial charge in [-0.2, -0.15) is 5.10 Å². The molecule has 160 valence electrons. The Labute approximate surface area is 178 Å². The molecule has 1 amide bonds. The van der Waals surface area contributed by atoms with Gasteiger partial charge in [0.15, 0.2) is 5.82 Å². The number of anilines is 1. The molecule has 9 heteroatoms. The van der Waals surface area contributed by atoms with Crippen LogP contribution in [-0.2, 0) is 4.79 Å². The maximum absolute atomic E-state index is 13.5. The third-order valence-corrected chi connectivity index (χ3v) is 6.73. The fourth-order valence-corrected chi connectivity index (χ4v) is 5.07. The summed E-state index contributed by atoms with van der Waals surface area (Å²) >= 11 is 0. The van der Waals surface area contributed by atoms with Crippen molar-refractivity contribution >= 4 is 17.2 Å². The van der Waals surface area contributed by atoms with Gasteiger partial charge in [0, 0.05) is 49.2 Å². The number of hydrogen-bond donors (Lipinski definition) is 0. The zero-order chi connectivity index (χ0) is 21.1.